The van der Waals surface area contributed by atoms with Crippen molar-refractivity contribution in [2.45, 2.75) is 26.3 Å². The van der Waals surface area contributed by atoms with Crippen molar-refractivity contribution in [1.82, 2.24) is 15.5 Å². The second kappa shape index (κ2) is 5.32. The molecular formula is C14H16N4O2. The summed E-state index contributed by atoms with van der Waals surface area (Å²) in [5, 5.41) is 9.78. The first-order chi connectivity index (χ1) is 9.72. The number of carbonyl (C=O) groups excluding carboxylic acids is 1. The average molecular weight is 272 g/mol. The quantitative estimate of drug-likeness (QED) is 0.888. The van der Waals surface area contributed by atoms with Gasteiger partial charge in [-0.25, -0.2) is 0 Å². The first-order valence-corrected chi connectivity index (χ1v) is 6.66. The first-order valence-electron chi connectivity index (χ1n) is 6.66. The largest absolute Gasteiger partial charge is 0.385 e. The monoisotopic (exact) mass is 272 g/mol. The van der Waals surface area contributed by atoms with E-state index >= 15 is 0 Å². The highest BCUT2D eigenvalue weighted by atomic mass is 16.5. The number of nitrogens with one attached hydrogen (secondary N) is 2. The van der Waals surface area contributed by atoms with E-state index in [0.717, 1.165) is 25.1 Å². The Morgan fingerprint density at radius 2 is 2.40 bits per heavy atom. The molecule has 0 aliphatic carbocycles. The molecule has 1 amide bonds. The fourth-order valence-electron chi connectivity index (χ4n) is 2.29. The van der Waals surface area contributed by atoms with Gasteiger partial charge in [0.15, 0.2) is 5.82 Å². The Kier molecular flexibility index (Phi) is 3.37. The molecule has 6 heteroatoms. The van der Waals surface area contributed by atoms with Gasteiger partial charge < -0.3 is 15.2 Å². The predicted octanol–water partition coefficient (Wildman–Crippen LogP) is 1.67. The lowest BCUT2D eigenvalue weighted by Gasteiger charge is -2.18. The molecule has 0 atom stereocenters. The molecule has 1 aliphatic heterocycles. The number of amides is 1. The number of benzene rings is 1. The Morgan fingerprint density at radius 3 is 3.20 bits per heavy atom. The lowest BCUT2D eigenvalue weighted by atomic mass is 10.0. The van der Waals surface area contributed by atoms with Crippen molar-refractivity contribution in [3.05, 3.63) is 41.0 Å². The van der Waals surface area contributed by atoms with Crippen LogP contribution in [0.4, 0.5) is 5.69 Å². The van der Waals surface area contributed by atoms with E-state index in [-0.39, 0.29) is 12.5 Å². The van der Waals surface area contributed by atoms with Gasteiger partial charge in [-0.3, -0.25) is 4.79 Å². The van der Waals surface area contributed by atoms with E-state index in [9.17, 15) is 4.79 Å². The molecule has 0 fully saturated rings. The molecule has 0 saturated heterocycles. The Hall–Kier alpha value is -2.37. The van der Waals surface area contributed by atoms with Gasteiger partial charge in [0.25, 0.3) is 5.91 Å². The number of nitrogens with zero attached hydrogens (tertiary/aromatic N) is 2. The van der Waals surface area contributed by atoms with Gasteiger partial charge in [0.05, 0.1) is 6.54 Å². The average Bonchev–Trinajstić information content (AvgIpc) is 2.90. The van der Waals surface area contributed by atoms with Crippen LogP contribution in [0.15, 0.2) is 22.7 Å². The lowest BCUT2D eigenvalue weighted by Crippen LogP contribution is -2.23. The third-order valence-electron chi connectivity index (χ3n) is 3.28. The minimum absolute atomic E-state index is 0.130. The summed E-state index contributed by atoms with van der Waals surface area (Å²) in [5.41, 5.74) is 2.97. The van der Waals surface area contributed by atoms with E-state index in [1.54, 1.807) is 6.92 Å². The van der Waals surface area contributed by atoms with Crippen LogP contribution in [0.2, 0.25) is 0 Å². The van der Waals surface area contributed by atoms with Crippen LogP contribution in [-0.2, 0) is 13.0 Å². The fourth-order valence-corrected chi connectivity index (χ4v) is 2.29. The summed E-state index contributed by atoms with van der Waals surface area (Å²) >= 11 is 0. The number of carbonyl (C=O) groups is 1. The van der Waals surface area contributed by atoms with E-state index in [1.807, 2.05) is 18.2 Å². The van der Waals surface area contributed by atoms with E-state index < -0.39 is 0 Å². The van der Waals surface area contributed by atoms with Crippen molar-refractivity contribution in [1.29, 1.82) is 0 Å². The normalized spacial score (nSPS) is 13.4. The van der Waals surface area contributed by atoms with Crippen molar-refractivity contribution < 1.29 is 9.32 Å². The molecule has 1 aromatic heterocycles. The molecular weight excluding hydrogens is 256 g/mol. The highest BCUT2D eigenvalue weighted by Crippen LogP contribution is 2.22. The van der Waals surface area contributed by atoms with Gasteiger partial charge in [-0.2, -0.15) is 4.98 Å². The highest BCUT2D eigenvalue weighted by Gasteiger charge is 2.13. The number of rotatable bonds is 3. The fraction of sp³-hybridized carbons (Fsp3) is 0.357. The van der Waals surface area contributed by atoms with Crippen molar-refractivity contribution in [2.75, 3.05) is 11.9 Å². The number of aromatic nitrogens is 2. The van der Waals surface area contributed by atoms with Crippen LogP contribution >= 0.6 is 0 Å². The third kappa shape index (κ3) is 2.64. The summed E-state index contributed by atoms with van der Waals surface area (Å²) < 4.78 is 4.96. The van der Waals surface area contributed by atoms with Gasteiger partial charge in [-0.1, -0.05) is 5.16 Å². The van der Waals surface area contributed by atoms with Gasteiger partial charge >= 0.3 is 0 Å². The van der Waals surface area contributed by atoms with Crippen LogP contribution in [0, 0.1) is 6.92 Å². The number of anilines is 1. The second-order valence-electron chi connectivity index (χ2n) is 4.82. The standard InChI is InChI=1S/C14H16N4O2/c1-9-17-13(20-18-9)8-16-14(19)11-4-5-12-10(7-11)3-2-6-15-12/h4-5,7,15H,2-3,6,8H2,1H3,(H,16,19). The zero-order chi connectivity index (χ0) is 13.9. The summed E-state index contributed by atoms with van der Waals surface area (Å²) in [6.45, 7) is 2.98. The van der Waals surface area contributed by atoms with Gasteiger partial charge in [0.1, 0.15) is 0 Å². The smallest absolute Gasteiger partial charge is 0.251 e. The van der Waals surface area contributed by atoms with Gasteiger partial charge in [0.2, 0.25) is 5.89 Å². The van der Waals surface area contributed by atoms with Gasteiger partial charge in [0, 0.05) is 17.8 Å². The maximum atomic E-state index is 12.1. The first kappa shape index (κ1) is 12.7. The maximum Gasteiger partial charge on any atom is 0.251 e. The van der Waals surface area contributed by atoms with E-state index in [1.165, 1.54) is 5.56 Å². The van der Waals surface area contributed by atoms with E-state index in [0.29, 0.717) is 17.3 Å². The molecule has 3 rings (SSSR count). The Bertz CT molecular complexity index is 636. The summed E-state index contributed by atoms with van der Waals surface area (Å²) in [6.07, 6.45) is 2.10. The summed E-state index contributed by atoms with van der Waals surface area (Å²) in [7, 11) is 0. The molecule has 0 unspecified atom stereocenters. The SMILES string of the molecule is Cc1noc(CNC(=O)c2ccc3c(c2)CCCN3)n1. The molecule has 0 spiro atoms. The molecule has 0 radical (unpaired) electrons. The molecule has 2 aromatic rings. The Morgan fingerprint density at radius 1 is 1.50 bits per heavy atom. The van der Waals surface area contributed by atoms with Crippen molar-refractivity contribution in [3.8, 4) is 0 Å². The summed E-state index contributed by atoms with van der Waals surface area (Å²) in [6, 6.07) is 5.72. The van der Waals surface area contributed by atoms with Crippen LogP contribution in [0.25, 0.3) is 0 Å². The van der Waals surface area contributed by atoms with E-state index in [4.69, 9.17) is 4.52 Å². The van der Waals surface area contributed by atoms with Crippen LogP contribution in [0.1, 0.15) is 34.1 Å². The molecule has 2 N–H and O–H groups in total. The van der Waals surface area contributed by atoms with Crippen molar-refractivity contribution in [2.24, 2.45) is 0 Å². The second-order valence-corrected chi connectivity index (χ2v) is 4.82. The van der Waals surface area contributed by atoms with Crippen LogP contribution in [-0.4, -0.2) is 22.6 Å². The summed E-state index contributed by atoms with van der Waals surface area (Å²) in [5.74, 6) is 0.846. The predicted molar refractivity (Wildman–Crippen MR) is 73.5 cm³/mol. The molecule has 1 aliphatic rings. The molecule has 2 heterocycles. The van der Waals surface area contributed by atoms with Crippen LogP contribution in [0.5, 0.6) is 0 Å². The van der Waals surface area contributed by atoms with Crippen LogP contribution in [0.3, 0.4) is 0 Å². The Labute approximate surface area is 116 Å². The molecule has 0 bridgehead atoms. The van der Waals surface area contributed by atoms with E-state index in [2.05, 4.69) is 20.8 Å². The van der Waals surface area contributed by atoms with Crippen molar-refractivity contribution in [3.63, 3.8) is 0 Å². The lowest BCUT2D eigenvalue weighted by molar-refractivity contribution is 0.0946. The molecule has 104 valence electrons. The zero-order valence-electron chi connectivity index (χ0n) is 11.3. The minimum Gasteiger partial charge on any atom is -0.385 e. The van der Waals surface area contributed by atoms with Gasteiger partial charge in [-0.15, -0.1) is 0 Å². The summed E-state index contributed by atoms with van der Waals surface area (Å²) in [4.78, 5) is 16.1. The number of hydrogen-bond acceptors (Lipinski definition) is 5. The molecule has 0 saturated carbocycles. The molecule has 6 nitrogen and oxygen atoms in total. The zero-order valence-corrected chi connectivity index (χ0v) is 11.3. The topological polar surface area (TPSA) is 80.0 Å². The maximum absolute atomic E-state index is 12.1. The molecule has 1 aromatic carbocycles. The number of fused-ring (bicyclic) bond motifs is 1. The number of aryl methyl sites for hydroxylation is 2. The Balaban J connectivity index is 1.67. The van der Waals surface area contributed by atoms with Crippen LogP contribution < -0.4 is 10.6 Å². The molecule has 20 heavy (non-hydrogen) atoms. The number of hydrogen-bond donors (Lipinski definition) is 2. The highest BCUT2D eigenvalue weighted by molar-refractivity contribution is 5.94. The van der Waals surface area contributed by atoms with Gasteiger partial charge in [-0.05, 0) is 43.5 Å². The van der Waals surface area contributed by atoms with Crippen molar-refractivity contribution >= 4 is 11.6 Å². The third-order valence-corrected chi connectivity index (χ3v) is 3.28. The minimum atomic E-state index is -0.130.